The lowest BCUT2D eigenvalue weighted by Crippen LogP contribution is -2.45. The van der Waals surface area contributed by atoms with Crippen molar-refractivity contribution in [2.45, 2.75) is 52.4 Å². The maximum absolute atomic E-state index is 11.8. The first kappa shape index (κ1) is 16.9. The van der Waals surface area contributed by atoms with Crippen molar-refractivity contribution in [2.75, 3.05) is 19.7 Å². The molecule has 0 atom stereocenters. The highest BCUT2D eigenvalue weighted by atomic mass is 16.3. The minimum absolute atomic E-state index is 0.382. The molecule has 5 nitrogen and oxygen atoms in total. The molecule has 0 aliphatic carbocycles. The molecule has 18 heavy (non-hydrogen) atoms. The average Bonchev–Trinajstić information content (AvgIpc) is 2.38. The molecule has 0 aromatic carbocycles. The average molecular weight is 258 g/mol. The lowest BCUT2D eigenvalue weighted by Gasteiger charge is -2.20. The monoisotopic (exact) mass is 258 g/mol. The third-order valence-corrected chi connectivity index (χ3v) is 2.72. The van der Waals surface area contributed by atoms with Gasteiger partial charge in [-0.05, 0) is 12.8 Å². The van der Waals surface area contributed by atoms with Crippen LogP contribution in [0.1, 0.15) is 52.4 Å². The van der Waals surface area contributed by atoms with Gasteiger partial charge in [-0.25, -0.2) is 4.79 Å². The zero-order valence-electron chi connectivity index (χ0n) is 11.6. The van der Waals surface area contributed by atoms with Gasteiger partial charge in [0, 0.05) is 13.1 Å². The molecule has 0 rings (SSSR count). The van der Waals surface area contributed by atoms with Gasteiger partial charge in [-0.1, -0.05) is 39.5 Å². The number of hydrogen-bond donors (Lipinski definition) is 2. The van der Waals surface area contributed by atoms with Gasteiger partial charge < -0.3 is 10.4 Å². The third kappa shape index (κ3) is 7.27. The SMILES string of the molecule is CCCCCNC(=O)N(CCCCC)C(=O)CO. The van der Waals surface area contributed by atoms with E-state index in [1.165, 1.54) is 0 Å². The zero-order chi connectivity index (χ0) is 13.8. The molecule has 0 saturated heterocycles. The molecule has 3 amide bonds. The standard InChI is InChI=1S/C13H26N2O3/c1-3-5-7-9-14-13(18)15(12(17)11-16)10-8-6-4-2/h16H,3-11H2,1-2H3,(H,14,18). The number of carbonyl (C=O) groups excluding carboxylic acids is 2. The van der Waals surface area contributed by atoms with Crippen LogP contribution in [0.2, 0.25) is 0 Å². The smallest absolute Gasteiger partial charge is 0.324 e. The highest BCUT2D eigenvalue weighted by molar-refractivity contribution is 5.94. The fourth-order valence-corrected chi connectivity index (χ4v) is 1.61. The van der Waals surface area contributed by atoms with E-state index in [0.717, 1.165) is 43.4 Å². The van der Waals surface area contributed by atoms with E-state index < -0.39 is 12.5 Å². The van der Waals surface area contributed by atoms with Gasteiger partial charge >= 0.3 is 6.03 Å². The van der Waals surface area contributed by atoms with Crippen molar-refractivity contribution in [3.63, 3.8) is 0 Å². The minimum atomic E-state index is -0.617. The van der Waals surface area contributed by atoms with Crippen molar-refractivity contribution >= 4 is 11.9 Å². The molecular formula is C13H26N2O3. The van der Waals surface area contributed by atoms with Gasteiger partial charge in [-0.3, -0.25) is 9.69 Å². The predicted octanol–water partition coefficient (Wildman–Crippen LogP) is 1.90. The molecule has 0 aromatic rings. The van der Waals surface area contributed by atoms with E-state index in [-0.39, 0.29) is 6.03 Å². The van der Waals surface area contributed by atoms with Gasteiger partial charge in [0.2, 0.25) is 0 Å². The first-order valence-electron chi connectivity index (χ1n) is 6.86. The van der Waals surface area contributed by atoms with Crippen molar-refractivity contribution in [1.29, 1.82) is 0 Å². The second kappa shape index (κ2) is 11.0. The molecule has 0 fully saturated rings. The summed E-state index contributed by atoms with van der Waals surface area (Å²) in [4.78, 5) is 24.3. The molecule has 5 heteroatoms. The number of unbranched alkanes of at least 4 members (excludes halogenated alkanes) is 4. The van der Waals surface area contributed by atoms with E-state index in [1.54, 1.807) is 0 Å². The van der Waals surface area contributed by atoms with Crippen molar-refractivity contribution in [1.82, 2.24) is 10.2 Å². The summed E-state index contributed by atoms with van der Waals surface area (Å²) in [5, 5.41) is 11.6. The van der Waals surface area contributed by atoms with Crippen molar-refractivity contribution in [2.24, 2.45) is 0 Å². The summed E-state index contributed by atoms with van der Waals surface area (Å²) in [6, 6.07) is -0.388. The first-order valence-corrected chi connectivity index (χ1v) is 6.86. The van der Waals surface area contributed by atoms with Crippen LogP contribution in [0.15, 0.2) is 0 Å². The van der Waals surface area contributed by atoms with Crippen LogP contribution in [0.3, 0.4) is 0 Å². The zero-order valence-corrected chi connectivity index (χ0v) is 11.6. The maximum atomic E-state index is 11.8. The molecule has 0 heterocycles. The van der Waals surface area contributed by atoms with E-state index in [1.807, 2.05) is 0 Å². The number of carbonyl (C=O) groups is 2. The Morgan fingerprint density at radius 3 is 2.22 bits per heavy atom. The summed E-state index contributed by atoms with van der Waals surface area (Å²) in [6.07, 6.45) is 5.84. The molecule has 0 saturated carbocycles. The summed E-state index contributed by atoms with van der Waals surface area (Å²) >= 11 is 0. The highest BCUT2D eigenvalue weighted by Gasteiger charge is 2.19. The molecule has 0 bridgehead atoms. The van der Waals surface area contributed by atoms with Gasteiger partial charge in [-0.15, -0.1) is 0 Å². The number of nitrogens with zero attached hydrogens (tertiary/aromatic N) is 1. The molecule has 0 unspecified atom stereocenters. The summed E-state index contributed by atoms with van der Waals surface area (Å²) in [5.41, 5.74) is 0. The molecule has 0 aliphatic heterocycles. The van der Waals surface area contributed by atoms with Gasteiger partial charge in [0.1, 0.15) is 6.61 Å². The largest absolute Gasteiger partial charge is 0.387 e. The molecule has 0 aliphatic rings. The maximum Gasteiger partial charge on any atom is 0.324 e. The van der Waals surface area contributed by atoms with Gasteiger partial charge in [-0.2, -0.15) is 0 Å². The highest BCUT2D eigenvalue weighted by Crippen LogP contribution is 2.00. The van der Waals surface area contributed by atoms with E-state index in [0.29, 0.717) is 13.1 Å². The van der Waals surface area contributed by atoms with Crippen LogP contribution >= 0.6 is 0 Å². The number of hydrogen-bond acceptors (Lipinski definition) is 3. The number of aliphatic hydroxyl groups excluding tert-OH is 1. The Morgan fingerprint density at radius 1 is 1.06 bits per heavy atom. The Labute approximate surface area is 110 Å². The molecule has 0 aromatic heterocycles. The van der Waals surface area contributed by atoms with E-state index >= 15 is 0 Å². The van der Waals surface area contributed by atoms with E-state index in [2.05, 4.69) is 19.2 Å². The van der Waals surface area contributed by atoms with Crippen LogP contribution in [-0.2, 0) is 4.79 Å². The normalized spacial score (nSPS) is 10.2. The lowest BCUT2D eigenvalue weighted by molar-refractivity contribution is -0.131. The summed E-state index contributed by atoms with van der Waals surface area (Å²) in [7, 11) is 0. The number of rotatable bonds is 9. The van der Waals surface area contributed by atoms with Crippen LogP contribution < -0.4 is 5.32 Å². The molecular weight excluding hydrogens is 232 g/mol. The molecule has 0 radical (unpaired) electrons. The van der Waals surface area contributed by atoms with Gasteiger partial charge in [0.25, 0.3) is 5.91 Å². The Morgan fingerprint density at radius 2 is 1.67 bits per heavy atom. The van der Waals surface area contributed by atoms with Gasteiger partial charge in [0.05, 0.1) is 0 Å². The predicted molar refractivity (Wildman–Crippen MR) is 71.2 cm³/mol. The topological polar surface area (TPSA) is 69.6 Å². The quantitative estimate of drug-likeness (QED) is 0.621. The molecule has 2 N–H and O–H groups in total. The number of urea groups is 1. The van der Waals surface area contributed by atoms with Crippen molar-refractivity contribution in [3.05, 3.63) is 0 Å². The van der Waals surface area contributed by atoms with Crippen molar-refractivity contribution in [3.8, 4) is 0 Å². The van der Waals surface area contributed by atoms with Crippen LogP contribution in [0.25, 0.3) is 0 Å². The fourth-order valence-electron chi connectivity index (χ4n) is 1.61. The number of aliphatic hydroxyl groups is 1. The lowest BCUT2D eigenvalue weighted by atomic mass is 10.2. The third-order valence-electron chi connectivity index (χ3n) is 2.72. The fraction of sp³-hybridized carbons (Fsp3) is 0.846. The van der Waals surface area contributed by atoms with E-state index in [4.69, 9.17) is 5.11 Å². The first-order chi connectivity index (χ1) is 8.67. The van der Waals surface area contributed by atoms with E-state index in [9.17, 15) is 9.59 Å². The minimum Gasteiger partial charge on any atom is -0.387 e. The van der Waals surface area contributed by atoms with Crippen LogP contribution in [-0.4, -0.2) is 41.6 Å². The summed E-state index contributed by atoms with van der Waals surface area (Å²) < 4.78 is 0. The summed E-state index contributed by atoms with van der Waals surface area (Å²) in [5.74, 6) is -0.529. The van der Waals surface area contributed by atoms with Crippen LogP contribution in [0, 0.1) is 0 Å². The molecule has 0 spiro atoms. The Balaban J connectivity index is 4.10. The number of nitrogens with one attached hydrogen (secondary N) is 1. The number of amides is 3. The van der Waals surface area contributed by atoms with Crippen LogP contribution in [0.5, 0.6) is 0 Å². The molecule has 106 valence electrons. The van der Waals surface area contributed by atoms with Crippen molar-refractivity contribution < 1.29 is 14.7 Å². The number of imide groups is 1. The summed E-state index contributed by atoms with van der Waals surface area (Å²) in [6.45, 7) is 4.49. The Hall–Kier alpha value is -1.10. The second-order valence-corrected chi connectivity index (χ2v) is 4.35. The Kier molecular flexibility index (Phi) is 10.3. The van der Waals surface area contributed by atoms with Crippen LogP contribution in [0.4, 0.5) is 4.79 Å². The Bertz CT molecular complexity index is 244. The second-order valence-electron chi connectivity index (χ2n) is 4.35. The van der Waals surface area contributed by atoms with Gasteiger partial charge in [0.15, 0.2) is 0 Å².